The van der Waals surface area contributed by atoms with Gasteiger partial charge in [0.2, 0.25) is 5.91 Å². The van der Waals surface area contributed by atoms with Crippen LogP contribution in [0.25, 0.3) is 16.7 Å². The number of hydrogen-bond donors (Lipinski definition) is 3. The molecule has 1 amide bonds. The zero-order valence-corrected chi connectivity index (χ0v) is 11.6. The Kier molecular flexibility index (Phi) is 3.48. The number of fused-ring (bicyclic) bond motifs is 1. The number of amides is 1. The fourth-order valence-corrected chi connectivity index (χ4v) is 2.19. The van der Waals surface area contributed by atoms with Crippen LogP contribution in [0.2, 0.25) is 0 Å². The van der Waals surface area contributed by atoms with Crippen LogP contribution in [0.3, 0.4) is 0 Å². The molecule has 0 saturated carbocycles. The molecule has 3 aromatic rings. The van der Waals surface area contributed by atoms with Crippen LogP contribution in [0.4, 0.5) is 0 Å². The first-order chi connectivity index (χ1) is 10.6. The average Bonchev–Trinajstić information content (AvgIpc) is 2.92. The Morgan fingerprint density at radius 1 is 1.14 bits per heavy atom. The quantitative estimate of drug-likeness (QED) is 0.658. The molecule has 0 spiro atoms. The maximum Gasteiger partial charge on any atom is 0.248 e. The number of hydrogen-bond acceptors (Lipinski definition) is 5. The molecule has 22 heavy (non-hydrogen) atoms. The van der Waals surface area contributed by atoms with Crippen LogP contribution in [0, 0.1) is 0 Å². The first-order valence-electron chi connectivity index (χ1n) is 6.68. The molecule has 7 nitrogen and oxygen atoms in total. The minimum atomic E-state index is -0.538. The number of phenolic OH excluding ortho intramolecular Hbond substituents is 1. The molecule has 0 fully saturated rings. The van der Waals surface area contributed by atoms with E-state index in [1.807, 2.05) is 0 Å². The van der Waals surface area contributed by atoms with E-state index in [1.165, 1.54) is 10.9 Å². The fourth-order valence-electron chi connectivity index (χ4n) is 2.19. The Morgan fingerprint density at radius 3 is 2.64 bits per heavy atom. The molecule has 3 rings (SSSR count). The molecule has 4 N–H and O–H groups in total. The Balaban J connectivity index is 2.10. The van der Waals surface area contributed by atoms with Gasteiger partial charge >= 0.3 is 0 Å². The van der Waals surface area contributed by atoms with E-state index in [4.69, 9.17) is 10.8 Å². The van der Waals surface area contributed by atoms with Crippen LogP contribution in [-0.4, -0.2) is 37.7 Å². The van der Waals surface area contributed by atoms with Gasteiger partial charge in [0.25, 0.3) is 0 Å². The summed E-state index contributed by atoms with van der Waals surface area (Å²) in [5, 5.41) is 27.5. The zero-order chi connectivity index (χ0) is 15.7. The molecule has 0 aliphatic heterocycles. The Hall–Kier alpha value is -2.93. The van der Waals surface area contributed by atoms with Crippen molar-refractivity contribution in [1.82, 2.24) is 15.0 Å². The topological polar surface area (TPSA) is 114 Å². The van der Waals surface area contributed by atoms with E-state index in [9.17, 15) is 9.90 Å². The molecule has 7 heteroatoms. The van der Waals surface area contributed by atoms with Crippen molar-refractivity contribution in [3.63, 3.8) is 0 Å². The lowest BCUT2D eigenvalue weighted by Crippen LogP contribution is -2.10. The predicted molar refractivity (Wildman–Crippen MR) is 79.8 cm³/mol. The molecule has 0 saturated heterocycles. The number of aromatic nitrogens is 3. The molecular weight excluding hydrogens is 284 g/mol. The number of nitrogens with two attached hydrogens (primary N) is 1. The van der Waals surface area contributed by atoms with Gasteiger partial charge in [0.1, 0.15) is 22.5 Å². The molecule has 0 bridgehead atoms. The second-order valence-electron chi connectivity index (χ2n) is 4.85. The molecule has 0 aliphatic rings. The highest BCUT2D eigenvalue weighted by Gasteiger charge is 2.11. The number of carbonyl (C=O) groups is 1. The Labute approximate surface area is 125 Å². The van der Waals surface area contributed by atoms with Crippen molar-refractivity contribution in [2.45, 2.75) is 6.42 Å². The summed E-state index contributed by atoms with van der Waals surface area (Å²) >= 11 is 0. The van der Waals surface area contributed by atoms with Crippen molar-refractivity contribution in [2.24, 2.45) is 5.73 Å². The van der Waals surface area contributed by atoms with Gasteiger partial charge in [0.15, 0.2) is 0 Å². The Morgan fingerprint density at radius 2 is 1.91 bits per heavy atom. The maximum absolute atomic E-state index is 11.2. The van der Waals surface area contributed by atoms with E-state index >= 15 is 0 Å². The van der Waals surface area contributed by atoms with E-state index in [0.717, 1.165) is 5.56 Å². The highest BCUT2D eigenvalue weighted by Crippen LogP contribution is 2.23. The van der Waals surface area contributed by atoms with Gasteiger partial charge in [0.05, 0.1) is 0 Å². The maximum atomic E-state index is 11.2. The van der Waals surface area contributed by atoms with Crippen LogP contribution < -0.4 is 5.73 Å². The number of rotatable bonds is 4. The van der Waals surface area contributed by atoms with E-state index in [2.05, 4.69) is 10.2 Å². The van der Waals surface area contributed by atoms with E-state index in [-0.39, 0.29) is 12.4 Å². The molecule has 1 heterocycles. The number of carbonyl (C=O) groups excluding carboxylic acids is 1. The number of benzene rings is 2. The monoisotopic (exact) mass is 298 g/mol. The fraction of sp³-hybridized carbons (Fsp3) is 0.133. The SMILES string of the molecule is NC(=O)c1ccc2nn(-c3cc(CCO)ccc3O)nc2c1. The molecule has 0 atom stereocenters. The minimum absolute atomic E-state index is 0.0146. The second kappa shape index (κ2) is 5.45. The van der Waals surface area contributed by atoms with Gasteiger partial charge in [-0.1, -0.05) is 6.07 Å². The van der Waals surface area contributed by atoms with Gasteiger partial charge in [-0.25, -0.2) is 0 Å². The highest BCUT2D eigenvalue weighted by molar-refractivity contribution is 5.96. The van der Waals surface area contributed by atoms with Crippen LogP contribution in [0.1, 0.15) is 15.9 Å². The van der Waals surface area contributed by atoms with E-state index in [1.54, 1.807) is 30.3 Å². The number of phenols is 1. The molecule has 0 aliphatic carbocycles. The van der Waals surface area contributed by atoms with Crippen LogP contribution in [0.5, 0.6) is 5.75 Å². The van der Waals surface area contributed by atoms with Gasteiger partial charge in [-0.2, -0.15) is 0 Å². The zero-order valence-electron chi connectivity index (χ0n) is 11.6. The molecular formula is C15H14N4O3. The van der Waals surface area contributed by atoms with Gasteiger partial charge in [-0.05, 0) is 42.3 Å². The third-order valence-corrected chi connectivity index (χ3v) is 3.32. The summed E-state index contributed by atoms with van der Waals surface area (Å²) in [7, 11) is 0. The lowest BCUT2D eigenvalue weighted by atomic mass is 10.1. The molecule has 112 valence electrons. The minimum Gasteiger partial charge on any atom is -0.506 e. The molecule has 0 unspecified atom stereocenters. The van der Waals surface area contributed by atoms with Crippen molar-refractivity contribution in [3.05, 3.63) is 47.5 Å². The Bertz CT molecular complexity index is 857. The first kappa shape index (κ1) is 14.0. The summed E-state index contributed by atoms with van der Waals surface area (Å²) in [6.07, 6.45) is 0.472. The van der Waals surface area contributed by atoms with Crippen molar-refractivity contribution in [1.29, 1.82) is 0 Å². The smallest absolute Gasteiger partial charge is 0.248 e. The van der Waals surface area contributed by atoms with Crippen molar-refractivity contribution >= 4 is 16.9 Å². The van der Waals surface area contributed by atoms with Crippen LogP contribution in [0.15, 0.2) is 36.4 Å². The van der Waals surface area contributed by atoms with Crippen molar-refractivity contribution in [2.75, 3.05) is 6.61 Å². The summed E-state index contributed by atoms with van der Waals surface area (Å²) in [4.78, 5) is 12.5. The van der Waals surface area contributed by atoms with Gasteiger partial charge in [-0.15, -0.1) is 15.0 Å². The number of aromatic hydroxyl groups is 1. The molecule has 2 aromatic carbocycles. The van der Waals surface area contributed by atoms with Crippen molar-refractivity contribution < 1.29 is 15.0 Å². The first-order valence-corrected chi connectivity index (χ1v) is 6.68. The van der Waals surface area contributed by atoms with E-state index in [0.29, 0.717) is 28.7 Å². The predicted octanol–water partition coefficient (Wildman–Crippen LogP) is 0.760. The normalized spacial score (nSPS) is 11.0. The average molecular weight is 298 g/mol. The van der Waals surface area contributed by atoms with Gasteiger partial charge in [-0.3, -0.25) is 4.79 Å². The molecule has 1 aromatic heterocycles. The summed E-state index contributed by atoms with van der Waals surface area (Å²) in [5.41, 5.74) is 7.93. The number of aliphatic hydroxyl groups excluding tert-OH is 1. The standard InChI is InChI=1S/C15H14N4O3/c16-15(22)10-2-3-11-12(8-10)18-19(17-11)13-7-9(5-6-20)1-4-14(13)21/h1-4,7-8,20-21H,5-6H2,(H2,16,22). The van der Waals surface area contributed by atoms with Gasteiger partial charge < -0.3 is 15.9 Å². The number of primary amides is 1. The second-order valence-corrected chi connectivity index (χ2v) is 4.85. The third-order valence-electron chi connectivity index (χ3n) is 3.32. The van der Waals surface area contributed by atoms with Crippen molar-refractivity contribution in [3.8, 4) is 11.4 Å². The lowest BCUT2D eigenvalue weighted by Gasteiger charge is -2.05. The van der Waals surface area contributed by atoms with Gasteiger partial charge in [0, 0.05) is 12.2 Å². The summed E-state index contributed by atoms with van der Waals surface area (Å²) in [6.45, 7) is 0.0146. The summed E-state index contributed by atoms with van der Waals surface area (Å²) in [5.74, 6) is -0.513. The summed E-state index contributed by atoms with van der Waals surface area (Å²) in [6, 6.07) is 9.74. The summed E-state index contributed by atoms with van der Waals surface area (Å²) < 4.78 is 0. The lowest BCUT2D eigenvalue weighted by molar-refractivity contribution is 0.100. The number of nitrogens with zero attached hydrogens (tertiary/aromatic N) is 3. The molecule has 0 radical (unpaired) electrons. The number of aliphatic hydroxyl groups is 1. The third kappa shape index (κ3) is 2.49. The largest absolute Gasteiger partial charge is 0.506 e. The van der Waals surface area contributed by atoms with Crippen LogP contribution in [-0.2, 0) is 6.42 Å². The van der Waals surface area contributed by atoms with E-state index < -0.39 is 5.91 Å². The van der Waals surface area contributed by atoms with Crippen LogP contribution >= 0.6 is 0 Å². The highest BCUT2D eigenvalue weighted by atomic mass is 16.3.